The van der Waals surface area contributed by atoms with Crippen molar-refractivity contribution in [1.82, 2.24) is 0 Å². The molecule has 0 aliphatic heterocycles. The quantitative estimate of drug-likeness (QED) is 0.563. The molecule has 0 aliphatic rings. The lowest BCUT2D eigenvalue weighted by Gasteiger charge is -2.01. The van der Waals surface area contributed by atoms with E-state index in [2.05, 4.69) is 35.6 Å². The highest BCUT2D eigenvalue weighted by Gasteiger charge is 2.06. The van der Waals surface area contributed by atoms with Crippen LogP contribution < -0.4 is 0 Å². The molecule has 1 aromatic carbocycles. The molecule has 16 heavy (non-hydrogen) atoms. The maximum atomic E-state index is 12.1. The molecule has 0 radical (unpaired) electrons. The first-order valence-corrected chi connectivity index (χ1v) is 7.72. The zero-order valence-electron chi connectivity index (χ0n) is 9.70. The highest BCUT2D eigenvalue weighted by atomic mass is 127. The van der Waals surface area contributed by atoms with Crippen LogP contribution in [0.2, 0.25) is 0 Å². The third-order valence-electron chi connectivity index (χ3n) is 2.27. The molecule has 0 aromatic heterocycles. The highest BCUT2D eigenvalue weighted by molar-refractivity contribution is 14.1. The van der Waals surface area contributed by atoms with Gasteiger partial charge in [0.05, 0.1) is 13.7 Å². The van der Waals surface area contributed by atoms with Crippen molar-refractivity contribution >= 4 is 33.4 Å². The summed E-state index contributed by atoms with van der Waals surface area (Å²) in [6, 6.07) is 7.89. The van der Waals surface area contributed by atoms with Gasteiger partial charge < -0.3 is 0 Å². The summed E-state index contributed by atoms with van der Waals surface area (Å²) in [5, 5.41) is 0. The Hall–Kier alpha value is -0.160. The van der Waals surface area contributed by atoms with Gasteiger partial charge in [0.2, 0.25) is 0 Å². The smallest absolute Gasteiger partial charge is 0.0908 e. The van der Waals surface area contributed by atoms with E-state index >= 15 is 0 Å². The number of benzene rings is 1. The maximum Gasteiger partial charge on any atom is 0.0908 e. The van der Waals surface area contributed by atoms with E-state index in [1.54, 1.807) is 0 Å². The first-order valence-electron chi connectivity index (χ1n) is 5.49. The number of unbranched alkanes of at least 4 members (excludes halogenated alkanes) is 2. The summed E-state index contributed by atoms with van der Waals surface area (Å²) >= 11 is 2.18. The van der Waals surface area contributed by atoms with Crippen LogP contribution in [0, 0.1) is 6.92 Å². The van der Waals surface area contributed by atoms with Crippen molar-refractivity contribution < 1.29 is 4.21 Å². The lowest BCUT2D eigenvalue weighted by atomic mass is 10.2. The van der Waals surface area contributed by atoms with Crippen molar-refractivity contribution in [3.8, 4) is 0 Å². The van der Waals surface area contributed by atoms with Crippen LogP contribution in [0.5, 0.6) is 0 Å². The van der Waals surface area contributed by atoms with Gasteiger partial charge >= 0.3 is 0 Å². The van der Waals surface area contributed by atoms with Gasteiger partial charge in [0, 0.05) is 4.90 Å². The molecule has 0 unspecified atom stereocenters. The van der Waals surface area contributed by atoms with Crippen molar-refractivity contribution in [3.05, 3.63) is 38.8 Å². The second-order valence-corrected chi connectivity index (χ2v) is 7.08. The Bertz CT molecular complexity index is 381. The predicted molar refractivity (Wildman–Crippen MR) is 79.2 cm³/mol. The predicted octanol–water partition coefficient (Wildman–Crippen LogP) is 4.57. The fraction of sp³-hybridized carbons (Fsp3) is 0.385. The molecule has 0 saturated carbocycles. The molecule has 0 bridgehead atoms. The second kappa shape index (κ2) is 7.22. The summed E-state index contributed by atoms with van der Waals surface area (Å²) < 4.78 is 13.0. The Balaban J connectivity index is 2.70. The SMILES string of the molecule is CCCC/C=C(/I)[S@@](=O)c1ccc(C)cc1. The Morgan fingerprint density at radius 2 is 2.00 bits per heavy atom. The van der Waals surface area contributed by atoms with Gasteiger partial charge in [-0.05, 0) is 48.1 Å². The van der Waals surface area contributed by atoms with Crippen molar-refractivity contribution in [1.29, 1.82) is 0 Å². The molecule has 0 N–H and O–H groups in total. The van der Waals surface area contributed by atoms with Crippen LogP contribution >= 0.6 is 22.6 Å². The summed E-state index contributed by atoms with van der Waals surface area (Å²) in [5.74, 6) is 0. The normalized spacial score (nSPS) is 13.8. The molecule has 0 fully saturated rings. The first-order chi connectivity index (χ1) is 7.65. The molecule has 1 aromatic rings. The van der Waals surface area contributed by atoms with E-state index in [4.69, 9.17) is 0 Å². The van der Waals surface area contributed by atoms with E-state index in [0.717, 1.165) is 20.6 Å². The van der Waals surface area contributed by atoms with Gasteiger partial charge in [-0.1, -0.05) is 43.5 Å². The Labute approximate surface area is 114 Å². The second-order valence-electron chi connectivity index (χ2n) is 3.73. The molecule has 3 heteroatoms. The number of hydrogen-bond donors (Lipinski definition) is 0. The lowest BCUT2D eigenvalue weighted by Crippen LogP contribution is -1.90. The molecular formula is C13H17IOS. The van der Waals surface area contributed by atoms with Crippen LogP contribution in [-0.2, 0) is 10.8 Å². The molecule has 1 atom stereocenters. The van der Waals surface area contributed by atoms with E-state index in [-0.39, 0.29) is 0 Å². The van der Waals surface area contributed by atoms with E-state index in [1.807, 2.05) is 31.2 Å². The van der Waals surface area contributed by atoms with Gasteiger partial charge in [0.1, 0.15) is 0 Å². The van der Waals surface area contributed by atoms with Gasteiger partial charge in [-0.15, -0.1) is 0 Å². The van der Waals surface area contributed by atoms with E-state index in [1.165, 1.54) is 12.0 Å². The van der Waals surface area contributed by atoms with Crippen molar-refractivity contribution in [3.63, 3.8) is 0 Å². The molecule has 0 amide bonds. The minimum atomic E-state index is -0.992. The average Bonchev–Trinajstić information content (AvgIpc) is 2.29. The minimum Gasteiger partial charge on any atom is -0.249 e. The van der Waals surface area contributed by atoms with Crippen LogP contribution in [-0.4, -0.2) is 4.21 Å². The number of rotatable bonds is 5. The van der Waals surface area contributed by atoms with Crippen molar-refractivity contribution in [2.24, 2.45) is 0 Å². The summed E-state index contributed by atoms with van der Waals surface area (Å²) in [4.78, 5) is 0.891. The average molecular weight is 348 g/mol. The Morgan fingerprint density at radius 1 is 1.38 bits per heavy atom. The molecular weight excluding hydrogens is 331 g/mol. The standard InChI is InChI=1S/C13H17IOS/c1-3-4-5-6-13(14)16(15)12-9-7-11(2)8-10-12/h6-10H,3-5H2,1-2H3/b13-6-/t16-/m0/s1. The van der Waals surface area contributed by atoms with Crippen molar-refractivity contribution in [2.75, 3.05) is 0 Å². The van der Waals surface area contributed by atoms with Crippen LogP contribution in [0.3, 0.4) is 0 Å². The summed E-state index contributed by atoms with van der Waals surface area (Å²) in [6.45, 7) is 4.20. The number of allylic oxidation sites excluding steroid dienone is 1. The van der Waals surface area contributed by atoms with Crippen LogP contribution in [0.15, 0.2) is 38.1 Å². The van der Waals surface area contributed by atoms with E-state index < -0.39 is 10.8 Å². The fourth-order valence-electron chi connectivity index (χ4n) is 1.27. The Kier molecular flexibility index (Phi) is 6.28. The molecule has 1 nitrogen and oxygen atoms in total. The third kappa shape index (κ3) is 4.37. The molecule has 0 aliphatic carbocycles. The summed E-state index contributed by atoms with van der Waals surface area (Å²) in [5.41, 5.74) is 1.20. The van der Waals surface area contributed by atoms with E-state index in [9.17, 15) is 4.21 Å². The van der Waals surface area contributed by atoms with Gasteiger partial charge in [0.15, 0.2) is 0 Å². The van der Waals surface area contributed by atoms with E-state index in [0.29, 0.717) is 0 Å². The molecule has 1 rings (SSSR count). The van der Waals surface area contributed by atoms with Gasteiger partial charge in [-0.25, -0.2) is 4.21 Å². The van der Waals surface area contributed by atoms with Crippen LogP contribution in [0.1, 0.15) is 31.7 Å². The van der Waals surface area contributed by atoms with Gasteiger partial charge in [-0.2, -0.15) is 0 Å². The highest BCUT2D eigenvalue weighted by Crippen LogP contribution is 2.21. The minimum absolute atomic E-state index is 0.891. The number of hydrogen-bond acceptors (Lipinski definition) is 1. The zero-order valence-corrected chi connectivity index (χ0v) is 12.7. The summed E-state index contributed by atoms with van der Waals surface area (Å²) in [7, 11) is -0.992. The maximum absolute atomic E-state index is 12.1. The first kappa shape index (κ1) is 13.9. The van der Waals surface area contributed by atoms with Crippen molar-refractivity contribution in [2.45, 2.75) is 38.0 Å². The summed E-state index contributed by atoms with van der Waals surface area (Å²) in [6.07, 6.45) is 5.45. The largest absolute Gasteiger partial charge is 0.249 e. The van der Waals surface area contributed by atoms with Crippen LogP contribution in [0.4, 0.5) is 0 Å². The van der Waals surface area contributed by atoms with Gasteiger partial charge in [-0.3, -0.25) is 0 Å². The lowest BCUT2D eigenvalue weighted by molar-refractivity contribution is 0.688. The number of halogens is 1. The van der Waals surface area contributed by atoms with Crippen LogP contribution in [0.25, 0.3) is 0 Å². The molecule has 0 heterocycles. The monoisotopic (exact) mass is 348 g/mol. The third-order valence-corrected chi connectivity index (χ3v) is 5.14. The number of aryl methyl sites for hydroxylation is 1. The zero-order chi connectivity index (χ0) is 12.0. The van der Waals surface area contributed by atoms with Gasteiger partial charge in [0.25, 0.3) is 0 Å². The molecule has 0 spiro atoms. The molecule has 88 valence electrons. The molecule has 0 saturated heterocycles. The topological polar surface area (TPSA) is 17.1 Å². The fourth-order valence-corrected chi connectivity index (χ4v) is 3.22. The Morgan fingerprint density at radius 3 is 2.56 bits per heavy atom.